The number of nitrogens with one attached hydrogen (secondary N) is 3. The Hall–Kier alpha value is -4.20. The summed E-state index contributed by atoms with van der Waals surface area (Å²) < 4.78 is 6.30. The van der Waals surface area contributed by atoms with Crippen LogP contribution in [0.2, 0.25) is 0 Å². The lowest BCUT2D eigenvalue weighted by atomic mass is 10.1. The molecule has 0 aliphatic rings. The van der Waals surface area contributed by atoms with Crippen molar-refractivity contribution in [3.05, 3.63) is 100.0 Å². The summed E-state index contributed by atoms with van der Waals surface area (Å²) in [5, 5.41) is 13.0. The van der Waals surface area contributed by atoms with E-state index in [4.69, 9.17) is 10.1 Å². The molecule has 164 valence electrons. The van der Waals surface area contributed by atoms with Gasteiger partial charge in [0.2, 0.25) is 0 Å². The summed E-state index contributed by atoms with van der Waals surface area (Å²) in [4.78, 5) is 38.3. The fourth-order valence-electron chi connectivity index (χ4n) is 3.23. The highest BCUT2D eigenvalue weighted by Crippen LogP contribution is 2.19. The Morgan fingerprint density at radius 1 is 1.06 bits per heavy atom. The first-order chi connectivity index (χ1) is 15.4. The van der Waals surface area contributed by atoms with Crippen molar-refractivity contribution in [3.63, 3.8) is 0 Å². The fraction of sp³-hybridized carbons (Fsp3) is 0.167. The molecular weight excluding hydrogens is 408 g/mol. The second-order valence-electron chi connectivity index (χ2n) is 7.15. The third-order valence-electron chi connectivity index (χ3n) is 4.72. The maximum atomic E-state index is 13.0. The van der Waals surface area contributed by atoms with Gasteiger partial charge >= 0.3 is 5.97 Å². The lowest BCUT2D eigenvalue weighted by molar-refractivity contribution is -0.143. The highest BCUT2D eigenvalue weighted by molar-refractivity contribution is 5.97. The molecule has 1 heterocycles. The first-order valence-electron chi connectivity index (χ1n) is 9.93. The Kier molecular flexibility index (Phi) is 7.17. The summed E-state index contributed by atoms with van der Waals surface area (Å²) in [5.74, 6) is -1.14. The number of aromatic nitrogens is 1. The summed E-state index contributed by atoms with van der Waals surface area (Å²) in [5.41, 5.74) is 1.42. The molecule has 0 saturated carbocycles. The van der Waals surface area contributed by atoms with Crippen molar-refractivity contribution in [1.29, 1.82) is 5.41 Å². The van der Waals surface area contributed by atoms with E-state index in [0.717, 1.165) is 5.56 Å². The highest BCUT2D eigenvalue weighted by Gasteiger charge is 2.25. The van der Waals surface area contributed by atoms with Crippen molar-refractivity contribution in [2.24, 2.45) is 0 Å². The first kappa shape index (κ1) is 22.5. The van der Waals surface area contributed by atoms with Gasteiger partial charge in [-0.1, -0.05) is 42.5 Å². The Labute approximate surface area is 185 Å². The quantitative estimate of drug-likeness (QED) is 0.302. The van der Waals surface area contributed by atoms with Gasteiger partial charge in [-0.3, -0.25) is 15.0 Å². The van der Waals surface area contributed by atoms with E-state index in [9.17, 15) is 14.4 Å². The zero-order valence-electron chi connectivity index (χ0n) is 17.8. The molecule has 1 aromatic heterocycles. The third-order valence-corrected chi connectivity index (χ3v) is 4.72. The first-order valence-corrected chi connectivity index (χ1v) is 9.93. The number of amidine groups is 1. The van der Waals surface area contributed by atoms with Crippen LogP contribution in [0, 0.1) is 5.41 Å². The van der Waals surface area contributed by atoms with Gasteiger partial charge in [0, 0.05) is 11.9 Å². The summed E-state index contributed by atoms with van der Waals surface area (Å²) in [7, 11) is 1.22. The van der Waals surface area contributed by atoms with E-state index in [0.29, 0.717) is 17.8 Å². The third kappa shape index (κ3) is 5.48. The number of methoxy groups -OCH3 is 1. The molecule has 0 aliphatic carbocycles. The molecule has 3 rings (SSSR count). The van der Waals surface area contributed by atoms with Crippen LogP contribution in [0.5, 0.6) is 0 Å². The van der Waals surface area contributed by atoms with E-state index < -0.39 is 23.5 Å². The number of rotatable bonds is 7. The van der Waals surface area contributed by atoms with Crippen molar-refractivity contribution in [2.75, 3.05) is 12.4 Å². The van der Waals surface area contributed by atoms with Crippen LogP contribution in [0.3, 0.4) is 0 Å². The van der Waals surface area contributed by atoms with E-state index in [-0.39, 0.29) is 11.4 Å². The molecule has 0 spiro atoms. The Morgan fingerprint density at radius 2 is 1.81 bits per heavy atom. The minimum absolute atomic E-state index is 0.0815. The number of hydrogen-bond acceptors (Lipinski definition) is 5. The van der Waals surface area contributed by atoms with E-state index >= 15 is 0 Å². The van der Waals surface area contributed by atoms with Crippen LogP contribution in [0.1, 0.15) is 34.5 Å². The van der Waals surface area contributed by atoms with Crippen LogP contribution < -0.4 is 16.2 Å². The number of pyridine rings is 1. The Balaban J connectivity index is 1.88. The van der Waals surface area contributed by atoms with Crippen LogP contribution in [0.15, 0.2) is 77.7 Å². The number of carbonyl (C=O) groups excluding carboxylic acids is 2. The van der Waals surface area contributed by atoms with Gasteiger partial charge in [0.05, 0.1) is 19.5 Å². The summed E-state index contributed by atoms with van der Waals surface area (Å²) in [6.45, 7) is 1.90. The van der Waals surface area contributed by atoms with Crippen molar-refractivity contribution < 1.29 is 14.3 Å². The molecule has 0 fully saturated rings. The number of benzene rings is 2. The van der Waals surface area contributed by atoms with Crippen LogP contribution in [0.25, 0.3) is 0 Å². The molecule has 0 saturated heterocycles. The number of esters is 1. The maximum Gasteiger partial charge on any atom is 0.333 e. The van der Waals surface area contributed by atoms with Crippen LogP contribution in [0.4, 0.5) is 5.69 Å². The smallest absolute Gasteiger partial charge is 0.333 e. The minimum Gasteiger partial charge on any atom is -0.467 e. The van der Waals surface area contributed by atoms with Crippen LogP contribution in [-0.2, 0) is 16.1 Å². The zero-order chi connectivity index (χ0) is 23.1. The molecule has 1 amide bonds. The molecule has 3 N–H and O–H groups in total. The minimum atomic E-state index is -1.12. The van der Waals surface area contributed by atoms with E-state index in [1.165, 1.54) is 17.7 Å². The predicted molar refractivity (Wildman–Crippen MR) is 122 cm³/mol. The molecule has 0 radical (unpaired) electrons. The number of hydrogen-bond donors (Lipinski definition) is 3. The molecule has 32 heavy (non-hydrogen) atoms. The molecule has 0 aliphatic heterocycles. The fourth-order valence-corrected chi connectivity index (χ4v) is 3.23. The molecule has 3 aromatic rings. The number of anilines is 1. The van der Waals surface area contributed by atoms with Crippen LogP contribution in [-0.4, -0.2) is 29.4 Å². The van der Waals surface area contributed by atoms with Gasteiger partial charge in [0.1, 0.15) is 5.56 Å². The van der Waals surface area contributed by atoms with Gasteiger partial charge < -0.3 is 19.9 Å². The summed E-state index contributed by atoms with van der Waals surface area (Å²) >= 11 is 0. The molecule has 8 heteroatoms. The zero-order valence-corrected chi connectivity index (χ0v) is 17.8. The second kappa shape index (κ2) is 10.2. The highest BCUT2D eigenvalue weighted by atomic mass is 16.5. The average Bonchev–Trinajstić information content (AvgIpc) is 2.78. The topological polar surface area (TPSA) is 113 Å². The van der Waals surface area contributed by atoms with Gasteiger partial charge in [0.15, 0.2) is 6.04 Å². The van der Waals surface area contributed by atoms with Crippen molar-refractivity contribution >= 4 is 23.4 Å². The predicted octanol–water partition coefficient (Wildman–Crippen LogP) is 2.95. The lowest BCUT2D eigenvalue weighted by Crippen LogP contribution is -2.38. The number of carbonyl (C=O) groups is 2. The lowest BCUT2D eigenvalue weighted by Gasteiger charge is -2.18. The van der Waals surface area contributed by atoms with E-state index in [1.54, 1.807) is 43.5 Å². The largest absolute Gasteiger partial charge is 0.467 e. The second-order valence-corrected chi connectivity index (χ2v) is 7.15. The monoisotopic (exact) mass is 432 g/mol. The Morgan fingerprint density at radius 3 is 2.50 bits per heavy atom. The van der Waals surface area contributed by atoms with Gasteiger partial charge in [-0.2, -0.15) is 0 Å². The summed E-state index contributed by atoms with van der Waals surface area (Å²) in [6.07, 6.45) is 1.61. The number of ether oxygens (including phenoxy) is 1. The van der Waals surface area contributed by atoms with E-state index in [1.807, 2.05) is 30.3 Å². The van der Waals surface area contributed by atoms with Crippen molar-refractivity contribution in [2.45, 2.75) is 19.5 Å². The van der Waals surface area contributed by atoms with Gasteiger partial charge in [-0.15, -0.1) is 0 Å². The number of nitrogens with zero attached hydrogens (tertiary/aromatic N) is 1. The van der Waals surface area contributed by atoms with Gasteiger partial charge in [-0.05, 0) is 42.3 Å². The number of amides is 1. The molecule has 1 atom stereocenters. The molecule has 8 nitrogen and oxygen atoms in total. The van der Waals surface area contributed by atoms with E-state index in [2.05, 4.69) is 10.6 Å². The molecule has 2 aromatic carbocycles. The SMILES string of the molecule is COC(=O)[C@@H](NC(=O)c1cccn(Cc2ccccc2)c1=O)c1cccc(NC(C)=N)c1. The van der Waals surface area contributed by atoms with Gasteiger partial charge in [0.25, 0.3) is 11.5 Å². The molecular formula is C24H24N4O4. The molecule has 0 unspecified atom stereocenters. The average molecular weight is 432 g/mol. The van der Waals surface area contributed by atoms with Crippen molar-refractivity contribution in [3.8, 4) is 0 Å². The normalized spacial score (nSPS) is 11.3. The van der Waals surface area contributed by atoms with Crippen LogP contribution >= 0.6 is 0 Å². The van der Waals surface area contributed by atoms with Crippen molar-refractivity contribution in [1.82, 2.24) is 9.88 Å². The van der Waals surface area contributed by atoms with Gasteiger partial charge in [-0.25, -0.2) is 4.79 Å². The summed E-state index contributed by atoms with van der Waals surface area (Å²) in [6, 6.07) is 18.1. The maximum absolute atomic E-state index is 13.0. The standard InChI is InChI=1S/C24H24N4O4/c1-16(25)26-19-11-6-10-18(14-19)21(24(31)32-2)27-22(29)20-12-7-13-28(23(20)30)15-17-8-4-3-5-9-17/h3-14,21H,15H2,1-2H3,(H2,25,26)(H,27,29)/t21-/m0/s1. The molecule has 0 bridgehead atoms. The Bertz CT molecular complexity index is 1190.